The molecule has 2 aromatic rings. The molecular formula is C23H28FO5PS. The molecule has 0 fully saturated rings. The van der Waals surface area contributed by atoms with Crippen molar-refractivity contribution in [3.05, 3.63) is 53.6 Å². The van der Waals surface area contributed by atoms with Crippen LogP contribution in [0.5, 0.6) is 5.75 Å². The van der Waals surface area contributed by atoms with Gasteiger partial charge in [0.05, 0.1) is 25.3 Å². The Morgan fingerprint density at radius 3 is 2.52 bits per heavy atom. The fourth-order valence-electron chi connectivity index (χ4n) is 3.31. The first-order valence-corrected chi connectivity index (χ1v) is 12.7. The summed E-state index contributed by atoms with van der Waals surface area (Å²) in [4.78, 5) is 12.1. The molecule has 8 heteroatoms. The number of methoxy groups -OCH3 is 1. The van der Waals surface area contributed by atoms with Crippen molar-refractivity contribution < 1.29 is 27.6 Å². The second-order valence-corrected chi connectivity index (χ2v) is 9.62. The number of hydrogen-bond donors (Lipinski definition) is 1. The summed E-state index contributed by atoms with van der Waals surface area (Å²) in [5, 5.41) is 0. The minimum Gasteiger partial charge on any atom is -0.496 e. The Balaban J connectivity index is 1.69. The molecule has 1 N–H and O–H groups in total. The zero-order chi connectivity index (χ0) is 22.1. The van der Waals surface area contributed by atoms with E-state index >= 15 is 0 Å². The molecule has 1 aliphatic heterocycles. The standard InChI is InChI=1S/C23H28FO5PS/c1-27-20-13-10-12-19-21(17-18-11-6-7-14-22(18)31-23(19)20)29-30(25,26)28-16-9-5-3-2-4-8-15-24/h6-7,10-14,17H,2-5,8-9,15-16H2,1H3,(H,25,26). The molecule has 0 saturated heterocycles. The summed E-state index contributed by atoms with van der Waals surface area (Å²) < 4.78 is 41.0. The third kappa shape index (κ3) is 6.84. The van der Waals surface area contributed by atoms with Crippen molar-refractivity contribution in [2.24, 2.45) is 0 Å². The number of fused-ring (bicyclic) bond motifs is 2. The summed E-state index contributed by atoms with van der Waals surface area (Å²) in [5.74, 6) is 0.929. The number of unbranched alkanes of at least 4 members (excludes halogenated alkanes) is 5. The number of alkyl halides is 1. The van der Waals surface area contributed by atoms with Crippen LogP contribution in [-0.2, 0) is 13.6 Å². The molecule has 0 aromatic heterocycles. The van der Waals surface area contributed by atoms with Gasteiger partial charge in [-0.3, -0.25) is 13.8 Å². The number of ether oxygens (including phenoxy) is 1. The predicted molar refractivity (Wildman–Crippen MR) is 122 cm³/mol. The molecule has 31 heavy (non-hydrogen) atoms. The topological polar surface area (TPSA) is 65.0 Å². The van der Waals surface area contributed by atoms with Crippen molar-refractivity contribution in [3.63, 3.8) is 0 Å². The van der Waals surface area contributed by atoms with Crippen molar-refractivity contribution in [2.75, 3.05) is 20.4 Å². The van der Waals surface area contributed by atoms with Gasteiger partial charge in [0.1, 0.15) is 11.5 Å². The van der Waals surface area contributed by atoms with Gasteiger partial charge in [0.2, 0.25) is 0 Å². The molecule has 0 saturated carbocycles. The molecule has 0 amide bonds. The van der Waals surface area contributed by atoms with E-state index in [9.17, 15) is 13.8 Å². The van der Waals surface area contributed by atoms with Crippen molar-refractivity contribution in [3.8, 4) is 5.75 Å². The predicted octanol–water partition coefficient (Wildman–Crippen LogP) is 7.10. The van der Waals surface area contributed by atoms with Gasteiger partial charge in [-0.05, 0) is 42.7 Å². The Kier molecular flexibility index (Phi) is 9.02. The van der Waals surface area contributed by atoms with Crippen LogP contribution in [0.15, 0.2) is 52.3 Å². The lowest BCUT2D eigenvalue weighted by molar-refractivity contribution is 0.191. The Morgan fingerprint density at radius 2 is 1.74 bits per heavy atom. The second-order valence-electron chi connectivity index (χ2n) is 7.19. The normalized spacial score (nSPS) is 14.6. The molecular weight excluding hydrogens is 438 g/mol. The van der Waals surface area contributed by atoms with Gasteiger partial charge in [-0.15, -0.1) is 0 Å². The van der Waals surface area contributed by atoms with Gasteiger partial charge in [-0.1, -0.05) is 61.7 Å². The molecule has 5 nitrogen and oxygen atoms in total. The summed E-state index contributed by atoms with van der Waals surface area (Å²) >= 11 is 1.52. The summed E-state index contributed by atoms with van der Waals surface area (Å²) in [5.41, 5.74) is 1.56. The van der Waals surface area contributed by atoms with Crippen LogP contribution >= 0.6 is 19.6 Å². The van der Waals surface area contributed by atoms with Crippen LogP contribution in [0.25, 0.3) is 11.8 Å². The first kappa shape index (κ1) is 23.9. The monoisotopic (exact) mass is 466 g/mol. The van der Waals surface area contributed by atoms with Crippen LogP contribution in [-0.4, -0.2) is 25.3 Å². The van der Waals surface area contributed by atoms with Crippen molar-refractivity contribution in [2.45, 2.75) is 48.3 Å². The molecule has 1 unspecified atom stereocenters. The molecule has 1 aliphatic rings. The Labute approximate surface area is 187 Å². The summed E-state index contributed by atoms with van der Waals surface area (Å²) in [6, 6.07) is 13.3. The fourth-order valence-corrected chi connectivity index (χ4v) is 5.26. The van der Waals surface area contributed by atoms with Gasteiger partial charge < -0.3 is 9.26 Å². The number of benzene rings is 2. The van der Waals surface area contributed by atoms with E-state index in [4.69, 9.17) is 13.8 Å². The van der Waals surface area contributed by atoms with E-state index in [0.717, 1.165) is 41.0 Å². The smallest absolute Gasteiger partial charge is 0.496 e. The molecule has 1 heterocycles. The number of phosphoric ester groups is 1. The quantitative estimate of drug-likeness (QED) is 0.266. The second kappa shape index (κ2) is 11.7. The SMILES string of the molecule is COc1cccc2c1Sc1ccccc1C=C2OP(=O)(O)OCCCCCCCCF. The lowest BCUT2D eigenvalue weighted by atomic mass is 10.1. The fraction of sp³-hybridized carbons (Fsp3) is 0.391. The van der Waals surface area contributed by atoms with Crippen LogP contribution in [0.1, 0.15) is 49.7 Å². The van der Waals surface area contributed by atoms with Crippen molar-refractivity contribution >= 4 is 31.4 Å². The van der Waals surface area contributed by atoms with Gasteiger partial charge in [0.15, 0.2) is 0 Å². The molecule has 3 rings (SSSR count). The highest BCUT2D eigenvalue weighted by atomic mass is 32.2. The third-order valence-electron chi connectivity index (χ3n) is 4.88. The molecule has 1 atom stereocenters. The Bertz CT molecular complexity index is 949. The van der Waals surface area contributed by atoms with E-state index in [1.54, 1.807) is 13.2 Å². The highest BCUT2D eigenvalue weighted by Gasteiger charge is 2.28. The highest BCUT2D eigenvalue weighted by molar-refractivity contribution is 7.99. The third-order valence-corrected chi connectivity index (χ3v) is 7.03. The average Bonchev–Trinajstić information content (AvgIpc) is 2.91. The molecule has 2 aromatic carbocycles. The lowest BCUT2D eigenvalue weighted by Crippen LogP contribution is -1.99. The van der Waals surface area contributed by atoms with Crippen LogP contribution < -0.4 is 4.74 Å². The van der Waals surface area contributed by atoms with Gasteiger partial charge in [-0.2, -0.15) is 0 Å². The first-order valence-electron chi connectivity index (χ1n) is 10.4. The molecule has 0 radical (unpaired) electrons. The lowest BCUT2D eigenvalue weighted by Gasteiger charge is -2.17. The highest BCUT2D eigenvalue weighted by Crippen LogP contribution is 2.52. The van der Waals surface area contributed by atoms with Gasteiger partial charge in [0.25, 0.3) is 0 Å². The number of rotatable bonds is 12. The van der Waals surface area contributed by atoms with E-state index in [1.807, 2.05) is 42.5 Å². The van der Waals surface area contributed by atoms with Crippen LogP contribution in [0.2, 0.25) is 0 Å². The number of phosphoric acid groups is 1. The summed E-state index contributed by atoms with van der Waals surface area (Å²) in [6.07, 6.45) is 6.63. The van der Waals surface area contributed by atoms with Gasteiger partial charge in [0, 0.05) is 10.5 Å². The summed E-state index contributed by atoms with van der Waals surface area (Å²) in [7, 11) is -2.71. The zero-order valence-electron chi connectivity index (χ0n) is 17.6. The van der Waals surface area contributed by atoms with Crippen molar-refractivity contribution in [1.82, 2.24) is 0 Å². The average molecular weight is 467 g/mol. The van der Waals surface area contributed by atoms with Crippen LogP contribution in [0.3, 0.4) is 0 Å². The molecule has 0 bridgehead atoms. The first-order chi connectivity index (χ1) is 15.0. The summed E-state index contributed by atoms with van der Waals surface area (Å²) in [6.45, 7) is -0.150. The maximum Gasteiger partial charge on any atom is 0.527 e. The number of halogens is 1. The minimum atomic E-state index is -4.31. The van der Waals surface area contributed by atoms with E-state index in [2.05, 4.69) is 0 Å². The van der Waals surface area contributed by atoms with E-state index in [0.29, 0.717) is 24.2 Å². The van der Waals surface area contributed by atoms with Crippen LogP contribution in [0.4, 0.5) is 4.39 Å². The van der Waals surface area contributed by atoms with E-state index < -0.39 is 7.82 Å². The van der Waals surface area contributed by atoms with Crippen LogP contribution in [0, 0.1) is 0 Å². The Morgan fingerprint density at radius 1 is 1.00 bits per heavy atom. The number of hydrogen-bond acceptors (Lipinski definition) is 5. The van der Waals surface area contributed by atoms with E-state index in [1.165, 1.54) is 11.8 Å². The molecule has 0 aliphatic carbocycles. The molecule has 0 spiro atoms. The van der Waals surface area contributed by atoms with E-state index in [-0.39, 0.29) is 19.0 Å². The zero-order valence-corrected chi connectivity index (χ0v) is 19.3. The van der Waals surface area contributed by atoms with Gasteiger partial charge in [-0.25, -0.2) is 4.57 Å². The maximum atomic E-state index is 12.6. The maximum absolute atomic E-state index is 12.6. The molecule has 168 valence electrons. The Hall–Kier alpha value is -1.79. The van der Waals surface area contributed by atoms with Gasteiger partial charge >= 0.3 is 7.82 Å². The minimum absolute atomic E-state index is 0.125. The van der Waals surface area contributed by atoms with Crippen molar-refractivity contribution in [1.29, 1.82) is 0 Å². The largest absolute Gasteiger partial charge is 0.527 e.